The summed E-state index contributed by atoms with van der Waals surface area (Å²) in [6, 6.07) is 10.4. The van der Waals surface area contributed by atoms with E-state index in [1.807, 2.05) is 24.8 Å². The number of aliphatic imine (C=N–C) groups is 1. The molecular formula is C18H27N3O2S. The van der Waals surface area contributed by atoms with Crippen LogP contribution in [-0.2, 0) is 9.53 Å². The fraction of sp³-hybridized carbons (Fsp3) is 0.556. The molecule has 0 radical (unpaired) electrons. The van der Waals surface area contributed by atoms with Crippen LogP contribution in [0.25, 0.3) is 0 Å². The zero-order chi connectivity index (χ0) is 17.2. The van der Waals surface area contributed by atoms with Crippen molar-refractivity contribution in [3.63, 3.8) is 0 Å². The Kier molecular flexibility index (Phi) is 7.95. The predicted molar refractivity (Wildman–Crippen MR) is 99.5 cm³/mol. The van der Waals surface area contributed by atoms with E-state index >= 15 is 0 Å². The minimum atomic E-state index is -0.0858. The van der Waals surface area contributed by atoms with Gasteiger partial charge in [-0.2, -0.15) is 0 Å². The van der Waals surface area contributed by atoms with Crippen molar-refractivity contribution in [3.8, 4) is 0 Å². The molecule has 0 amide bonds. The molecule has 1 N–H and O–H groups in total. The van der Waals surface area contributed by atoms with Crippen LogP contribution < -0.4 is 5.32 Å². The molecule has 1 heterocycles. The normalized spacial score (nSPS) is 18.3. The fourth-order valence-corrected chi connectivity index (χ4v) is 3.59. The van der Waals surface area contributed by atoms with Crippen LogP contribution in [0, 0.1) is 5.92 Å². The quantitative estimate of drug-likeness (QED) is 0.281. The summed E-state index contributed by atoms with van der Waals surface area (Å²) in [5.41, 5.74) is 0. The summed E-state index contributed by atoms with van der Waals surface area (Å²) in [7, 11) is 1.79. The number of nitrogens with one attached hydrogen (secondary N) is 1. The Morgan fingerprint density at radius 1 is 1.42 bits per heavy atom. The predicted octanol–water partition coefficient (Wildman–Crippen LogP) is 2.63. The van der Waals surface area contributed by atoms with Gasteiger partial charge >= 0.3 is 5.97 Å². The molecule has 2 rings (SSSR count). The van der Waals surface area contributed by atoms with Crippen molar-refractivity contribution in [1.29, 1.82) is 0 Å². The highest BCUT2D eigenvalue weighted by Crippen LogP contribution is 2.18. The number of piperidine rings is 1. The summed E-state index contributed by atoms with van der Waals surface area (Å²) in [4.78, 5) is 19.8. The first-order chi connectivity index (χ1) is 11.7. The number of carbonyl (C=O) groups is 1. The summed E-state index contributed by atoms with van der Waals surface area (Å²) in [6.45, 7) is 4.75. The molecular weight excluding hydrogens is 322 g/mol. The van der Waals surface area contributed by atoms with Gasteiger partial charge in [0.2, 0.25) is 0 Å². The molecule has 132 valence electrons. The maximum atomic E-state index is 12.0. The number of hydrogen-bond donors (Lipinski definition) is 1. The standard InChI is InChI=1S/C18H27N3O2S/c1-3-23-17(22)15-8-7-12-21(14-15)18(19-2)20-11-13-24-16-9-5-4-6-10-16/h4-6,9-10,15H,3,7-8,11-14H2,1-2H3,(H,19,20). The summed E-state index contributed by atoms with van der Waals surface area (Å²) >= 11 is 1.82. The Hall–Kier alpha value is -1.69. The van der Waals surface area contributed by atoms with Crippen LogP contribution in [0.2, 0.25) is 0 Å². The smallest absolute Gasteiger partial charge is 0.310 e. The van der Waals surface area contributed by atoms with Crippen LogP contribution in [0.1, 0.15) is 19.8 Å². The molecule has 1 aromatic rings. The van der Waals surface area contributed by atoms with Crippen LogP contribution in [0.4, 0.5) is 0 Å². The van der Waals surface area contributed by atoms with Crippen molar-refractivity contribution in [2.75, 3.05) is 39.0 Å². The van der Waals surface area contributed by atoms with Crippen LogP contribution in [0.15, 0.2) is 40.2 Å². The Balaban J connectivity index is 1.77. The molecule has 1 unspecified atom stereocenters. The number of likely N-dealkylation sites (tertiary alicyclic amines) is 1. The van der Waals surface area contributed by atoms with Crippen LogP contribution in [-0.4, -0.2) is 55.9 Å². The number of carbonyl (C=O) groups excluding carboxylic acids is 1. The molecule has 0 spiro atoms. The molecule has 1 aromatic carbocycles. The first-order valence-corrected chi connectivity index (χ1v) is 9.53. The second-order valence-corrected chi connectivity index (χ2v) is 6.84. The highest BCUT2D eigenvalue weighted by molar-refractivity contribution is 7.99. The van der Waals surface area contributed by atoms with Gasteiger partial charge < -0.3 is 15.0 Å². The van der Waals surface area contributed by atoms with E-state index in [9.17, 15) is 4.79 Å². The lowest BCUT2D eigenvalue weighted by molar-refractivity contribution is -0.149. The number of nitrogens with zero attached hydrogens (tertiary/aromatic N) is 2. The Labute approximate surface area is 148 Å². The second kappa shape index (κ2) is 10.2. The van der Waals surface area contributed by atoms with Crippen molar-refractivity contribution in [2.45, 2.75) is 24.7 Å². The lowest BCUT2D eigenvalue weighted by Crippen LogP contribution is -2.48. The third-order valence-corrected chi connectivity index (χ3v) is 4.96. The maximum absolute atomic E-state index is 12.0. The molecule has 6 heteroatoms. The molecule has 1 atom stereocenters. The van der Waals surface area contributed by atoms with Gasteiger partial charge in [0.05, 0.1) is 12.5 Å². The lowest BCUT2D eigenvalue weighted by Gasteiger charge is -2.33. The Morgan fingerprint density at radius 3 is 2.92 bits per heavy atom. The monoisotopic (exact) mass is 349 g/mol. The van der Waals surface area contributed by atoms with Crippen LogP contribution in [0.5, 0.6) is 0 Å². The highest BCUT2D eigenvalue weighted by atomic mass is 32.2. The first-order valence-electron chi connectivity index (χ1n) is 8.54. The molecule has 1 aliphatic rings. The van der Waals surface area contributed by atoms with Gasteiger partial charge in [0.1, 0.15) is 0 Å². The summed E-state index contributed by atoms with van der Waals surface area (Å²) in [5.74, 6) is 1.71. The average molecular weight is 350 g/mol. The zero-order valence-corrected chi connectivity index (χ0v) is 15.3. The van der Waals surface area contributed by atoms with Gasteiger partial charge in [0.25, 0.3) is 0 Å². The molecule has 0 saturated carbocycles. The van der Waals surface area contributed by atoms with Gasteiger partial charge in [-0.15, -0.1) is 11.8 Å². The molecule has 0 bridgehead atoms. The summed E-state index contributed by atoms with van der Waals surface area (Å²) < 4.78 is 5.16. The lowest BCUT2D eigenvalue weighted by atomic mass is 9.98. The van der Waals surface area contributed by atoms with E-state index in [-0.39, 0.29) is 11.9 Å². The molecule has 0 aromatic heterocycles. The van der Waals surface area contributed by atoms with Gasteiger partial charge in [-0.1, -0.05) is 18.2 Å². The van der Waals surface area contributed by atoms with Crippen molar-refractivity contribution in [2.24, 2.45) is 10.9 Å². The van der Waals surface area contributed by atoms with E-state index in [0.29, 0.717) is 13.2 Å². The number of ether oxygens (including phenoxy) is 1. The van der Waals surface area contributed by atoms with E-state index in [2.05, 4.69) is 39.5 Å². The van der Waals surface area contributed by atoms with Crippen molar-refractivity contribution in [1.82, 2.24) is 10.2 Å². The minimum Gasteiger partial charge on any atom is -0.466 e. The first kappa shape index (κ1) is 18.6. The molecule has 1 aliphatic heterocycles. The van der Waals surface area contributed by atoms with E-state index in [1.54, 1.807) is 7.05 Å². The molecule has 24 heavy (non-hydrogen) atoms. The van der Waals surface area contributed by atoms with Crippen molar-refractivity contribution in [3.05, 3.63) is 30.3 Å². The van der Waals surface area contributed by atoms with Crippen molar-refractivity contribution >= 4 is 23.7 Å². The summed E-state index contributed by atoms with van der Waals surface area (Å²) in [6.07, 6.45) is 1.89. The maximum Gasteiger partial charge on any atom is 0.310 e. The third-order valence-electron chi connectivity index (χ3n) is 3.95. The summed E-state index contributed by atoms with van der Waals surface area (Å²) in [5, 5.41) is 3.40. The largest absolute Gasteiger partial charge is 0.466 e. The molecule has 1 saturated heterocycles. The van der Waals surface area contributed by atoms with E-state index in [1.165, 1.54) is 4.90 Å². The van der Waals surface area contributed by atoms with Gasteiger partial charge in [0, 0.05) is 37.3 Å². The molecule has 5 nitrogen and oxygen atoms in total. The minimum absolute atomic E-state index is 0.0454. The number of rotatable bonds is 6. The zero-order valence-electron chi connectivity index (χ0n) is 14.5. The number of benzene rings is 1. The van der Waals surface area contributed by atoms with E-state index in [4.69, 9.17) is 4.74 Å². The molecule has 1 fully saturated rings. The topological polar surface area (TPSA) is 53.9 Å². The number of hydrogen-bond acceptors (Lipinski definition) is 4. The van der Waals surface area contributed by atoms with Gasteiger partial charge in [-0.05, 0) is 31.9 Å². The molecule has 0 aliphatic carbocycles. The second-order valence-electron chi connectivity index (χ2n) is 5.67. The van der Waals surface area contributed by atoms with Gasteiger partial charge in [0.15, 0.2) is 5.96 Å². The number of esters is 1. The SMILES string of the molecule is CCOC(=O)C1CCCN(C(=NC)NCCSc2ccccc2)C1. The van der Waals surface area contributed by atoms with Crippen LogP contribution in [0.3, 0.4) is 0 Å². The highest BCUT2D eigenvalue weighted by Gasteiger charge is 2.28. The van der Waals surface area contributed by atoms with Gasteiger partial charge in [-0.3, -0.25) is 9.79 Å². The van der Waals surface area contributed by atoms with Crippen LogP contribution >= 0.6 is 11.8 Å². The Bertz CT molecular complexity index is 536. The van der Waals surface area contributed by atoms with E-state index < -0.39 is 0 Å². The average Bonchev–Trinajstić information content (AvgIpc) is 2.63. The fourth-order valence-electron chi connectivity index (χ4n) is 2.80. The third kappa shape index (κ3) is 5.74. The van der Waals surface area contributed by atoms with Crippen molar-refractivity contribution < 1.29 is 9.53 Å². The Morgan fingerprint density at radius 2 is 2.21 bits per heavy atom. The number of thioether (sulfide) groups is 1. The van der Waals surface area contributed by atoms with Gasteiger partial charge in [-0.25, -0.2) is 0 Å². The van der Waals surface area contributed by atoms with E-state index in [0.717, 1.165) is 37.6 Å². The number of guanidine groups is 1.